The molecule has 2 N–H and O–H groups in total. The van der Waals surface area contributed by atoms with Crippen LogP contribution in [0.25, 0.3) is 0 Å². The van der Waals surface area contributed by atoms with Crippen molar-refractivity contribution in [2.45, 2.75) is 26.3 Å². The van der Waals surface area contributed by atoms with E-state index in [-0.39, 0.29) is 6.04 Å². The second-order valence-corrected chi connectivity index (χ2v) is 5.89. The van der Waals surface area contributed by atoms with Crippen LogP contribution in [0.4, 0.5) is 11.8 Å². The van der Waals surface area contributed by atoms with Crippen LogP contribution in [0.3, 0.4) is 0 Å². The van der Waals surface area contributed by atoms with Gasteiger partial charge in [-0.15, -0.1) is 0 Å². The fraction of sp³-hybridized carbons (Fsp3) is 0.471. The number of nitrogens with zero attached hydrogens (tertiary/aromatic N) is 4. The molecule has 7 heteroatoms. The molecule has 3 heterocycles. The fourth-order valence-electron chi connectivity index (χ4n) is 3.05. The number of hydrogen-bond acceptors (Lipinski definition) is 7. The van der Waals surface area contributed by atoms with Crippen LogP contribution in [0.15, 0.2) is 18.2 Å². The third kappa shape index (κ3) is 3.41. The zero-order valence-corrected chi connectivity index (χ0v) is 14.3. The molecule has 24 heavy (non-hydrogen) atoms. The molecule has 7 nitrogen and oxygen atoms in total. The van der Waals surface area contributed by atoms with Gasteiger partial charge >= 0.3 is 0 Å². The van der Waals surface area contributed by atoms with Crippen LogP contribution in [0, 0.1) is 13.8 Å². The predicted molar refractivity (Wildman–Crippen MR) is 92.2 cm³/mol. The molecule has 1 atom stereocenters. The highest BCUT2D eigenvalue weighted by Crippen LogP contribution is 2.31. The predicted octanol–water partition coefficient (Wildman–Crippen LogP) is 2.05. The van der Waals surface area contributed by atoms with E-state index in [1.165, 1.54) is 0 Å². The van der Waals surface area contributed by atoms with Gasteiger partial charge in [0, 0.05) is 36.7 Å². The zero-order chi connectivity index (χ0) is 17.1. The van der Waals surface area contributed by atoms with Crippen molar-refractivity contribution in [3.05, 3.63) is 35.2 Å². The normalized spacial score (nSPS) is 18.3. The average Bonchev–Trinajstić information content (AvgIpc) is 2.79. The number of aryl methyl sites for hydroxylation is 2. The molecule has 1 fully saturated rings. The fourth-order valence-corrected chi connectivity index (χ4v) is 3.05. The van der Waals surface area contributed by atoms with Crippen molar-refractivity contribution >= 4 is 11.8 Å². The number of anilines is 2. The summed E-state index contributed by atoms with van der Waals surface area (Å²) in [6.07, 6.45) is 0.933. The van der Waals surface area contributed by atoms with Gasteiger partial charge in [-0.3, -0.25) is 0 Å². The molecule has 0 spiro atoms. The highest BCUT2D eigenvalue weighted by molar-refractivity contribution is 5.47. The van der Waals surface area contributed by atoms with E-state index in [1.807, 2.05) is 32.0 Å². The van der Waals surface area contributed by atoms with Crippen LogP contribution in [-0.2, 0) is 4.74 Å². The maximum Gasteiger partial charge on any atom is 0.222 e. The third-order valence-corrected chi connectivity index (χ3v) is 4.16. The monoisotopic (exact) mass is 329 g/mol. The van der Waals surface area contributed by atoms with Crippen molar-refractivity contribution in [2.24, 2.45) is 0 Å². The van der Waals surface area contributed by atoms with Crippen LogP contribution >= 0.6 is 0 Å². The maximum absolute atomic E-state index is 5.85. The second kappa shape index (κ2) is 7.00. The van der Waals surface area contributed by atoms with Gasteiger partial charge in [-0.1, -0.05) is 0 Å². The first kappa shape index (κ1) is 16.4. The van der Waals surface area contributed by atoms with E-state index in [0.29, 0.717) is 18.4 Å². The largest absolute Gasteiger partial charge is 0.481 e. The Balaban J connectivity index is 2.01. The Bertz CT molecular complexity index is 702. The van der Waals surface area contributed by atoms with Gasteiger partial charge < -0.3 is 20.1 Å². The molecule has 0 unspecified atom stereocenters. The molecular weight excluding hydrogens is 306 g/mol. The highest BCUT2D eigenvalue weighted by atomic mass is 16.5. The topological polar surface area (TPSA) is 86.4 Å². The van der Waals surface area contributed by atoms with E-state index in [0.717, 1.165) is 42.3 Å². The number of pyridine rings is 1. The summed E-state index contributed by atoms with van der Waals surface area (Å²) >= 11 is 0. The highest BCUT2D eigenvalue weighted by Gasteiger charge is 2.27. The first-order valence-corrected chi connectivity index (χ1v) is 8.05. The Kier molecular flexibility index (Phi) is 4.80. The van der Waals surface area contributed by atoms with Crippen molar-refractivity contribution in [3.8, 4) is 5.88 Å². The molecule has 1 saturated heterocycles. The second-order valence-electron chi connectivity index (χ2n) is 5.89. The number of methoxy groups -OCH3 is 1. The van der Waals surface area contributed by atoms with Crippen LogP contribution in [0.1, 0.15) is 29.4 Å². The number of ether oxygens (including phenoxy) is 2. The summed E-state index contributed by atoms with van der Waals surface area (Å²) in [6.45, 7) is 6.06. The van der Waals surface area contributed by atoms with Gasteiger partial charge in [0.05, 0.1) is 19.8 Å². The zero-order valence-electron chi connectivity index (χ0n) is 14.3. The van der Waals surface area contributed by atoms with Gasteiger partial charge in [0.1, 0.15) is 5.82 Å². The quantitative estimate of drug-likeness (QED) is 0.922. The standard InChI is InChI=1S/C17H23N5O2/c1-11-9-15(21-17(18)19-11)22-7-4-8-24-10-14(22)13-5-6-16(23-3)20-12(13)2/h5-6,9,14H,4,7-8,10H2,1-3H3,(H2,18,19,21)/t14-/m0/s1. The van der Waals surface area contributed by atoms with E-state index >= 15 is 0 Å². The Morgan fingerprint density at radius 2 is 2.08 bits per heavy atom. The van der Waals surface area contributed by atoms with E-state index in [4.69, 9.17) is 15.2 Å². The van der Waals surface area contributed by atoms with Crippen molar-refractivity contribution in [1.82, 2.24) is 15.0 Å². The van der Waals surface area contributed by atoms with Gasteiger partial charge in [-0.25, -0.2) is 9.97 Å². The Hall–Kier alpha value is -2.41. The Labute approximate surface area is 141 Å². The molecule has 0 aliphatic carbocycles. The summed E-state index contributed by atoms with van der Waals surface area (Å²) < 4.78 is 11.0. The van der Waals surface area contributed by atoms with Gasteiger partial charge in [0.2, 0.25) is 11.8 Å². The van der Waals surface area contributed by atoms with Gasteiger partial charge in [0.25, 0.3) is 0 Å². The minimum atomic E-state index is 0.0274. The molecule has 0 bridgehead atoms. The van der Waals surface area contributed by atoms with Crippen LogP contribution in [-0.4, -0.2) is 41.8 Å². The summed E-state index contributed by atoms with van der Waals surface area (Å²) in [7, 11) is 1.62. The maximum atomic E-state index is 5.85. The molecule has 128 valence electrons. The molecule has 1 aliphatic rings. The molecule has 0 saturated carbocycles. The summed E-state index contributed by atoms with van der Waals surface area (Å²) in [5, 5.41) is 0. The molecule has 3 rings (SSSR count). The van der Waals surface area contributed by atoms with E-state index in [2.05, 4.69) is 19.9 Å². The Morgan fingerprint density at radius 1 is 1.25 bits per heavy atom. The summed E-state index contributed by atoms with van der Waals surface area (Å²) in [4.78, 5) is 15.3. The van der Waals surface area contributed by atoms with E-state index in [1.54, 1.807) is 7.11 Å². The molecule has 0 amide bonds. The van der Waals surface area contributed by atoms with Crippen LogP contribution < -0.4 is 15.4 Å². The average molecular weight is 329 g/mol. The summed E-state index contributed by atoms with van der Waals surface area (Å²) in [5.74, 6) is 1.73. The lowest BCUT2D eigenvalue weighted by Crippen LogP contribution is -2.32. The first-order chi connectivity index (χ1) is 11.6. The number of aromatic nitrogens is 3. The Morgan fingerprint density at radius 3 is 2.79 bits per heavy atom. The third-order valence-electron chi connectivity index (χ3n) is 4.16. The number of hydrogen-bond donors (Lipinski definition) is 1. The smallest absolute Gasteiger partial charge is 0.222 e. The lowest BCUT2D eigenvalue weighted by Gasteiger charge is -2.31. The summed E-state index contributed by atoms with van der Waals surface area (Å²) in [6, 6.07) is 5.91. The minimum Gasteiger partial charge on any atom is -0.481 e. The molecular formula is C17H23N5O2. The van der Waals surface area contributed by atoms with Gasteiger partial charge in [-0.2, -0.15) is 4.98 Å². The van der Waals surface area contributed by atoms with Crippen LogP contribution in [0.5, 0.6) is 5.88 Å². The van der Waals surface area contributed by atoms with Crippen molar-refractivity contribution in [1.29, 1.82) is 0 Å². The molecule has 0 aromatic carbocycles. The molecule has 1 aliphatic heterocycles. The SMILES string of the molecule is COc1ccc([C@@H]2COCCCN2c2cc(C)nc(N)n2)c(C)n1. The van der Waals surface area contributed by atoms with Crippen LogP contribution in [0.2, 0.25) is 0 Å². The minimum absolute atomic E-state index is 0.0274. The number of nitrogen functional groups attached to an aromatic ring is 1. The van der Waals surface area contributed by atoms with Gasteiger partial charge in [-0.05, 0) is 31.9 Å². The molecule has 2 aromatic rings. The van der Waals surface area contributed by atoms with E-state index in [9.17, 15) is 0 Å². The number of nitrogens with two attached hydrogens (primary N) is 1. The van der Waals surface area contributed by atoms with Crippen molar-refractivity contribution in [2.75, 3.05) is 37.5 Å². The van der Waals surface area contributed by atoms with Crippen molar-refractivity contribution in [3.63, 3.8) is 0 Å². The van der Waals surface area contributed by atoms with Gasteiger partial charge in [0.15, 0.2) is 0 Å². The van der Waals surface area contributed by atoms with Crippen molar-refractivity contribution < 1.29 is 9.47 Å². The van der Waals surface area contributed by atoms with E-state index < -0.39 is 0 Å². The lowest BCUT2D eigenvalue weighted by atomic mass is 10.0. The molecule has 0 radical (unpaired) electrons. The number of rotatable bonds is 3. The lowest BCUT2D eigenvalue weighted by molar-refractivity contribution is 0.134. The molecule has 2 aromatic heterocycles. The summed E-state index contributed by atoms with van der Waals surface area (Å²) in [5.41, 5.74) is 8.73. The first-order valence-electron chi connectivity index (χ1n) is 8.05.